The summed E-state index contributed by atoms with van der Waals surface area (Å²) in [5.74, 6) is 0. The monoisotopic (exact) mass is 407 g/mol. The van der Waals surface area contributed by atoms with E-state index in [1.54, 1.807) is 42.2 Å². The van der Waals surface area contributed by atoms with Gasteiger partial charge in [-0.15, -0.1) is 0 Å². The molecular formula is C11H11Br2N3O2S. The molecular weight excluding hydrogens is 398 g/mol. The fraction of sp³-hybridized carbons (Fsp3) is 0.182. The second-order valence-electron chi connectivity index (χ2n) is 3.85. The SMILES string of the molecule is Cn1nccc1CNS(=O)(=O)c1cc(Br)ccc1Br. The zero-order valence-corrected chi connectivity index (χ0v) is 14.0. The molecule has 1 aromatic carbocycles. The third kappa shape index (κ3) is 3.44. The van der Waals surface area contributed by atoms with Crippen LogP contribution in [0.4, 0.5) is 0 Å². The van der Waals surface area contributed by atoms with Gasteiger partial charge in [-0.1, -0.05) is 15.9 Å². The third-order valence-electron chi connectivity index (χ3n) is 2.55. The summed E-state index contributed by atoms with van der Waals surface area (Å²) in [5, 5.41) is 3.99. The Bertz CT molecular complexity index is 698. The fourth-order valence-corrected chi connectivity index (χ4v) is 4.00. The van der Waals surface area contributed by atoms with E-state index in [0.717, 1.165) is 5.69 Å². The molecule has 0 spiro atoms. The average Bonchev–Trinajstić information content (AvgIpc) is 2.75. The van der Waals surface area contributed by atoms with Crippen molar-refractivity contribution >= 4 is 41.9 Å². The Morgan fingerprint density at radius 1 is 1.32 bits per heavy atom. The van der Waals surface area contributed by atoms with Gasteiger partial charge in [0, 0.05) is 22.2 Å². The van der Waals surface area contributed by atoms with E-state index in [-0.39, 0.29) is 11.4 Å². The Labute approximate surface area is 128 Å². The molecule has 0 aliphatic rings. The first-order valence-corrected chi connectivity index (χ1v) is 8.38. The van der Waals surface area contributed by atoms with Crippen LogP contribution in [0.25, 0.3) is 0 Å². The van der Waals surface area contributed by atoms with Crippen molar-refractivity contribution in [1.29, 1.82) is 0 Å². The molecule has 0 atom stereocenters. The lowest BCUT2D eigenvalue weighted by atomic mass is 10.4. The largest absolute Gasteiger partial charge is 0.271 e. The summed E-state index contributed by atoms with van der Waals surface area (Å²) in [5.41, 5.74) is 0.787. The topological polar surface area (TPSA) is 64.0 Å². The minimum absolute atomic E-state index is 0.192. The van der Waals surface area contributed by atoms with E-state index >= 15 is 0 Å². The van der Waals surface area contributed by atoms with Gasteiger partial charge in [-0.05, 0) is 40.2 Å². The molecule has 2 rings (SSSR count). The van der Waals surface area contributed by atoms with Gasteiger partial charge in [0.1, 0.15) is 0 Å². The van der Waals surface area contributed by atoms with E-state index in [4.69, 9.17) is 0 Å². The van der Waals surface area contributed by atoms with Crippen molar-refractivity contribution in [2.45, 2.75) is 11.4 Å². The molecule has 0 fully saturated rings. The summed E-state index contributed by atoms with van der Waals surface area (Å²) in [6, 6.07) is 6.76. The van der Waals surface area contributed by atoms with Gasteiger partial charge in [-0.25, -0.2) is 13.1 Å². The first-order chi connectivity index (χ1) is 8.90. The molecule has 0 aliphatic carbocycles. The van der Waals surface area contributed by atoms with Gasteiger partial charge < -0.3 is 0 Å². The number of rotatable bonds is 4. The van der Waals surface area contributed by atoms with E-state index in [0.29, 0.717) is 8.95 Å². The summed E-state index contributed by atoms with van der Waals surface area (Å²) in [4.78, 5) is 0.198. The average molecular weight is 409 g/mol. The van der Waals surface area contributed by atoms with Crippen LogP contribution in [0.2, 0.25) is 0 Å². The number of nitrogens with one attached hydrogen (secondary N) is 1. The predicted molar refractivity (Wildman–Crippen MR) is 79.1 cm³/mol. The Kier molecular flexibility index (Phi) is 4.44. The Morgan fingerprint density at radius 3 is 2.68 bits per heavy atom. The van der Waals surface area contributed by atoms with Crippen LogP contribution in [0.3, 0.4) is 0 Å². The maximum Gasteiger partial charge on any atom is 0.242 e. The van der Waals surface area contributed by atoms with E-state index in [9.17, 15) is 8.42 Å². The fourth-order valence-electron chi connectivity index (χ4n) is 1.50. The lowest BCUT2D eigenvalue weighted by molar-refractivity contribution is 0.576. The minimum atomic E-state index is -3.57. The van der Waals surface area contributed by atoms with E-state index in [1.807, 2.05) is 0 Å². The predicted octanol–water partition coefficient (Wildman–Crippen LogP) is 2.42. The molecule has 1 aromatic heterocycles. The highest BCUT2D eigenvalue weighted by molar-refractivity contribution is 9.11. The molecule has 102 valence electrons. The minimum Gasteiger partial charge on any atom is -0.271 e. The lowest BCUT2D eigenvalue weighted by Crippen LogP contribution is -2.24. The van der Waals surface area contributed by atoms with E-state index in [1.165, 1.54) is 0 Å². The van der Waals surface area contributed by atoms with Crippen molar-refractivity contribution in [2.24, 2.45) is 7.05 Å². The first-order valence-electron chi connectivity index (χ1n) is 5.32. The first kappa shape index (κ1) is 14.7. The van der Waals surface area contributed by atoms with Crippen LogP contribution in [0.5, 0.6) is 0 Å². The number of aromatic nitrogens is 2. The van der Waals surface area contributed by atoms with Crippen LogP contribution in [0, 0.1) is 0 Å². The summed E-state index contributed by atoms with van der Waals surface area (Å²) >= 11 is 6.50. The molecule has 1 heterocycles. The molecule has 0 unspecified atom stereocenters. The normalized spacial score (nSPS) is 11.7. The number of sulfonamides is 1. The molecule has 0 saturated heterocycles. The Hall–Kier alpha value is -0.700. The van der Waals surface area contributed by atoms with Gasteiger partial charge in [-0.3, -0.25) is 4.68 Å². The number of aryl methyl sites for hydroxylation is 1. The maximum absolute atomic E-state index is 12.2. The van der Waals surface area contributed by atoms with Crippen molar-refractivity contribution in [2.75, 3.05) is 0 Å². The zero-order valence-electron chi connectivity index (χ0n) is 9.97. The van der Waals surface area contributed by atoms with Gasteiger partial charge in [0.2, 0.25) is 10.0 Å². The molecule has 8 heteroatoms. The molecule has 2 aromatic rings. The van der Waals surface area contributed by atoms with Gasteiger partial charge in [0.25, 0.3) is 0 Å². The number of halogens is 2. The second-order valence-corrected chi connectivity index (χ2v) is 7.35. The highest BCUT2D eigenvalue weighted by atomic mass is 79.9. The molecule has 0 amide bonds. The van der Waals surface area contributed by atoms with Crippen LogP contribution < -0.4 is 4.72 Å². The number of hydrogen-bond donors (Lipinski definition) is 1. The van der Waals surface area contributed by atoms with E-state index < -0.39 is 10.0 Å². The molecule has 19 heavy (non-hydrogen) atoms. The highest BCUT2D eigenvalue weighted by Crippen LogP contribution is 2.25. The zero-order chi connectivity index (χ0) is 14.0. The van der Waals surface area contributed by atoms with Gasteiger partial charge in [-0.2, -0.15) is 5.10 Å². The van der Waals surface area contributed by atoms with Gasteiger partial charge in [0.15, 0.2) is 0 Å². The summed E-state index contributed by atoms with van der Waals surface area (Å²) in [6.45, 7) is 0.192. The van der Waals surface area contributed by atoms with Crippen LogP contribution >= 0.6 is 31.9 Å². The van der Waals surface area contributed by atoms with Crippen LogP contribution in [0.15, 0.2) is 44.3 Å². The molecule has 5 nitrogen and oxygen atoms in total. The second kappa shape index (κ2) is 5.74. The van der Waals surface area contributed by atoms with Crippen LogP contribution in [-0.2, 0) is 23.6 Å². The summed E-state index contributed by atoms with van der Waals surface area (Å²) < 4.78 is 29.8. The maximum atomic E-state index is 12.2. The Balaban J connectivity index is 2.23. The van der Waals surface area contributed by atoms with Gasteiger partial charge in [0.05, 0.1) is 17.1 Å². The Morgan fingerprint density at radius 2 is 2.05 bits per heavy atom. The summed E-state index contributed by atoms with van der Waals surface area (Å²) in [6.07, 6.45) is 1.62. The third-order valence-corrected chi connectivity index (χ3v) is 5.44. The molecule has 0 radical (unpaired) electrons. The quantitative estimate of drug-likeness (QED) is 0.844. The number of nitrogens with zero attached hydrogens (tertiary/aromatic N) is 2. The molecule has 0 aliphatic heterocycles. The highest BCUT2D eigenvalue weighted by Gasteiger charge is 2.18. The van der Waals surface area contributed by atoms with Gasteiger partial charge >= 0.3 is 0 Å². The molecule has 0 saturated carbocycles. The van der Waals surface area contributed by atoms with E-state index in [2.05, 4.69) is 41.7 Å². The van der Waals surface area contributed by atoms with Crippen molar-refractivity contribution in [3.63, 3.8) is 0 Å². The van der Waals surface area contributed by atoms with Crippen molar-refractivity contribution in [1.82, 2.24) is 14.5 Å². The standard InChI is InChI=1S/C11H11Br2N3O2S/c1-16-9(4-5-14-16)7-15-19(17,18)11-6-8(12)2-3-10(11)13/h2-6,15H,7H2,1H3. The summed E-state index contributed by atoms with van der Waals surface area (Å²) in [7, 11) is -1.81. The smallest absolute Gasteiger partial charge is 0.242 e. The lowest BCUT2D eigenvalue weighted by Gasteiger charge is -2.09. The molecule has 1 N–H and O–H groups in total. The number of hydrogen-bond acceptors (Lipinski definition) is 3. The number of benzene rings is 1. The van der Waals surface area contributed by atoms with Crippen molar-refractivity contribution in [3.05, 3.63) is 45.1 Å². The van der Waals surface area contributed by atoms with Crippen LogP contribution in [0.1, 0.15) is 5.69 Å². The molecule has 0 bridgehead atoms. The van der Waals surface area contributed by atoms with Crippen LogP contribution in [-0.4, -0.2) is 18.2 Å². The van der Waals surface area contributed by atoms with Crippen molar-refractivity contribution in [3.8, 4) is 0 Å². The van der Waals surface area contributed by atoms with Crippen molar-refractivity contribution < 1.29 is 8.42 Å².